The average molecular weight is 382 g/mol. The van der Waals surface area contributed by atoms with E-state index in [1.807, 2.05) is 30.3 Å². The summed E-state index contributed by atoms with van der Waals surface area (Å²) in [7, 11) is 0. The molecule has 0 bridgehead atoms. The monoisotopic (exact) mass is 382 g/mol. The van der Waals surface area contributed by atoms with Gasteiger partial charge in [-0.3, -0.25) is 14.5 Å². The second-order valence-corrected chi connectivity index (χ2v) is 6.60. The number of carbonyl (C=O) groups excluding carboxylic acids is 2. The number of amides is 2. The van der Waals surface area contributed by atoms with E-state index in [4.69, 9.17) is 4.42 Å². The summed E-state index contributed by atoms with van der Waals surface area (Å²) in [5.74, 6) is -0.534. The molecule has 7 heteroatoms. The summed E-state index contributed by atoms with van der Waals surface area (Å²) in [6.07, 6.45) is 3.16. The van der Waals surface area contributed by atoms with Crippen LogP contribution in [0, 0.1) is 0 Å². The lowest BCUT2D eigenvalue weighted by Crippen LogP contribution is -2.50. The van der Waals surface area contributed by atoms with Crippen molar-refractivity contribution in [2.24, 2.45) is 0 Å². The van der Waals surface area contributed by atoms with Gasteiger partial charge in [0.25, 0.3) is 0 Å². The third-order valence-corrected chi connectivity index (χ3v) is 4.82. The molecule has 0 spiro atoms. The van der Waals surface area contributed by atoms with Crippen LogP contribution in [0.3, 0.4) is 0 Å². The fourth-order valence-electron chi connectivity index (χ4n) is 3.34. The Morgan fingerprint density at radius 2 is 1.75 bits per heavy atom. The largest absolute Gasteiger partial charge is 0.468 e. The van der Waals surface area contributed by atoms with Crippen molar-refractivity contribution in [2.45, 2.75) is 6.04 Å². The molecule has 0 unspecified atom stereocenters. The number of nitrogens with zero attached hydrogens (tertiary/aromatic N) is 2. The molecule has 2 heterocycles. The zero-order chi connectivity index (χ0) is 19.8. The topological polar surface area (TPSA) is 77.8 Å². The molecule has 148 valence electrons. The molecular weight excluding hydrogens is 356 g/mol. The van der Waals surface area contributed by atoms with E-state index >= 15 is 0 Å². The lowest BCUT2D eigenvalue weighted by Gasteiger charge is -2.39. The maximum Gasteiger partial charge on any atom is 0.309 e. The lowest BCUT2D eigenvalue weighted by molar-refractivity contribution is -0.139. The van der Waals surface area contributed by atoms with Gasteiger partial charge in [-0.05, 0) is 24.3 Å². The number of nitrogens with one attached hydrogen (secondary N) is 2. The Kier molecular flexibility index (Phi) is 6.86. The van der Waals surface area contributed by atoms with Crippen molar-refractivity contribution in [1.82, 2.24) is 15.5 Å². The number of furan rings is 1. The maximum atomic E-state index is 12.0. The van der Waals surface area contributed by atoms with Crippen LogP contribution in [0.2, 0.25) is 0 Å². The van der Waals surface area contributed by atoms with Gasteiger partial charge in [-0.15, -0.1) is 6.58 Å². The van der Waals surface area contributed by atoms with Gasteiger partial charge in [0.15, 0.2) is 0 Å². The summed E-state index contributed by atoms with van der Waals surface area (Å²) >= 11 is 0. The molecule has 1 aliphatic rings. The number of anilines is 1. The average Bonchev–Trinajstić information content (AvgIpc) is 3.27. The molecule has 0 aliphatic carbocycles. The fraction of sp³-hybridized carbons (Fsp3) is 0.333. The zero-order valence-corrected chi connectivity index (χ0v) is 15.8. The van der Waals surface area contributed by atoms with E-state index < -0.39 is 11.8 Å². The number of benzene rings is 1. The van der Waals surface area contributed by atoms with Crippen LogP contribution >= 0.6 is 0 Å². The first kappa shape index (κ1) is 19.7. The van der Waals surface area contributed by atoms with Gasteiger partial charge in [0, 0.05) is 45.0 Å². The van der Waals surface area contributed by atoms with E-state index in [9.17, 15) is 9.59 Å². The molecule has 1 fully saturated rings. The molecule has 0 radical (unpaired) electrons. The van der Waals surface area contributed by atoms with Gasteiger partial charge >= 0.3 is 11.8 Å². The van der Waals surface area contributed by atoms with Crippen molar-refractivity contribution in [2.75, 3.05) is 44.2 Å². The van der Waals surface area contributed by atoms with Gasteiger partial charge in [-0.2, -0.15) is 0 Å². The Morgan fingerprint density at radius 1 is 1.04 bits per heavy atom. The van der Waals surface area contributed by atoms with Crippen LogP contribution in [0.25, 0.3) is 0 Å². The van der Waals surface area contributed by atoms with Gasteiger partial charge < -0.3 is 20.0 Å². The molecule has 1 saturated heterocycles. The van der Waals surface area contributed by atoms with Crippen LogP contribution in [0.1, 0.15) is 11.8 Å². The van der Waals surface area contributed by atoms with Gasteiger partial charge in [0.2, 0.25) is 0 Å². The number of piperazine rings is 1. The summed E-state index contributed by atoms with van der Waals surface area (Å²) < 4.78 is 5.60. The predicted molar refractivity (Wildman–Crippen MR) is 108 cm³/mol. The Morgan fingerprint density at radius 3 is 2.39 bits per heavy atom. The molecule has 2 aromatic rings. The van der Waals surface area contributed by atoms with E-state index in [-0.39, 0.29) is 12.6 Å². The first-order valence-corrected chi connectivity index (χ1v) is 9.43. The fourth-order valence-corrected chi connectivity index (χ4v) is 3.34. The third-order valence-electron chi connectivity index (χ3n) is 4.82. The molecular formula is C21H26N4O3. The maximum absolute atomic E-state index is 12.0. The SMILES string of the molecule is C=CCNC(=O)C(=O)NC[C@@H](c1ccco1)N1CCN(c2ccccc2)CC1. The normalized spacial score (nSPS) is 15.6. The van der Waals surface area contributed by atoms with E-state index in [2.05, 4.69) is 39.1 Å². The van der Waals surface area contributed by atoms with E-state index in [1.54, 1.807) is 6.26 Å². The van der Waals surface area contributed by atoms with E-state index in [0.29, 0.717) is 6.54 Å². The van der Waals surface area contributed by atoms with Crippen LogP contribution in [-0.4, -0.2) is 56.0 Å². The number of hydrogen-bond donors (Lipinski definition) is 2. The van der Waals surface area contributed by atoms with Crippen LogP contribution < -0.4 is 15.5 Å². The summed E-state index contributed by atoms with van der Waals surface area (Å²) in [5, 5.41) is 5.20. The highest BCUT2D eigenvalue weighted by Gasteiger charge is 2.28. The molecule has 1 aromatic heterocycles. The van der Waals surface area contributed by atoms with Gasteiger partial charge in [-0.1, -0.05) is 24.3 Å². The first-order chi connectivity index (χ1) is 13.7. The quantitative estimate of drug-likeness (QED) is 0.561. The highest BCUT2D eigenvalue weighted by Crippen LogP contribution is 2.24. The Bertz CT molecular complexity index is 768. The van der Waals surface area contributed by atoms with Crippen LogP contribution in [0.4, 0.5) is 5.69 Å². The smallest absolute Gasteiger partial charge is 0.309 e. The standard InChI is InChI=1S/C21H26N4O3/c1-2-10-22-20(26)21(27)23-16-18(19-9-6-15-28-19)25-13-11-24(12-14-25)17-7-4-3-5-8-17/h2-9,15,18H,1,10-14,16H2,(H,22,26)(H,23,27)/t18-/m0/s1. The van der Waals surface area contributed by atoms with Crippen molar-refractivity contribution in [3.8, 4) is 0 Å². The molecule has 0 saturated carbocycles. The van der Waals surface area contributed by atoms with Crippen LogP contribution in [-0.2, 0) is 9.59 Å². The molecule has 1 atom stereocenters. The molecule has 3 rings (SSSR count). The molecule has 1 aliphatic heterocycles. The highest BCUT2D eigenvalue weighted by molar-refractivity contribution is 6.35. The minimum Gasteiger partial charge on any atom is -0.468 e. The summed E-state index contributed by atoms with van der Waals surface area (Å²) in [4.78, 5) is 28.4. The minimum atomic E-state index is -0.660. The molecule has 2 N–H and O–H groups in total. The molecule has 7 nitrogen and oxygen atoms in total. The van der Waals surface area contributed by atoms with Gasteiger partial charge in [0.1, 0.15) is 5.76 Å². The van der Waals surface area contributed by atoms with Gasteiger partial charge in [-0.25, -0.2) is 0 Å². The highest BCUT2D eigenvalue weighted by atomic mass is 16.3. The van der Waals surface area contributed by atoms with Crippen LogP contribution in [0.5, 0.6) is 0 Å². The van der Waals surface area contributed by atoms with Gasteiger partial charge in [0.05, 0.1) is 12.3 Å². The second kappa shape index (κ2) is 9.75. The predicted octanol–water partition coefficient (Wildman–Crippen LogP) is 1.56. The number of hydrogen-bond acceptors (Lipinski definition) is 5. The van der Waals surface area contributed by atoms with Crippen molar-refractivity contribution in [3.05, 3.63) is 67.1 Å². The Hall–Kier alpha value is -3.06. The van der Waals surface area contributed by atoms with Crippen LogP contribution in [0.15, 0.2) is 65.8 Å². The Balaban J connectivity index is 1.59. The zero-order valence-electron chi connectivity index (χ0n) is 15.8. The van der Waals surface area contributed by atoms with Crippen molar-refractivity contribution >= 4 is 17.5 Å². The Labute approximate surface area is 165 Å². The van der Waals surface area contributed by atoms with E-state index in [1.165, 1.54) is 11.8 Å². The molecule has 2 amide bonds. The molecule has 28 heavy (non-hydrogen) atoms. The number of rotatable bonds is 7. The van der Waals surface area contributed by atoms with Crippen molar-refractivity contribution < 1.29 is 14.0 Å². The van der Waals surface area contributed by atoms with E-state index in [0.717, 1.165) is 31.9 Å². The molecule has 1 aromatic carbocycles. The minimum absolute atomic E-state index is 0.121. The number of para-hydroxylation sites is 1. The number of carbonyl (C=O) groups is 2. The lowest BCUT2D eigenvalue weighted by atomic mass is 10.1. The first-order valence-electron chi connectivity index (χ1n) is 9.43. The summed E-state index contributed by atoms with van der Waals surface area (Å²) in [6, 6.07) is 13.9. The van der Waals surface area contributed by atoms with Crippen molar-refractivity contribution in [1.29, 1.82) is 0 Å². The third kappa shape index (κ3) is 5.01. The van der Waals surface area contributed by atoms with Crippen molar-refractivity contribution in [3.63, 3.8) is 0 Å². The second-order valence-electron chi connectivity index (χ2n) is 6.60. The summed E-state index contributed by atoms with van der Waals surface area (Å²) in [6.45, 7) is 7.52. The summed E-state index contributed by atoms with van der Waals surface area (Å²) in [5.41, 5.74) is 1.21.